The molecular weight excluding hydrogens is 899 g/mol. The van der Waals surface area contributed by atoms with E-state index in [9.17, 15) is 24.0 Å². The number of methoxy groups -OCH3 is 2. The molecule has 8 rings (SSSR count). The van der Waals surface area contributed by atoms with E-state index in [0.29, 0.717) is 63.3 Å². The maximum Gasteiger partial charge on any atom is 0.326 e. The van der Waals surface area contributed by atoms with Gasteiger partial charge in [0.25, 0.3) is 5.91 Å². The molecule has 0 radical (unpaired) electrons. The number of rotatable bonds is 12. The number of urea groups is 1. The molecule has 0 bridgehead atoms. The van der Waals surface area contributed by atoms with Gasteiger partial charge in [-0.25, -0.2) is 4.79 Å². The summed E-state index contributed by atoms with van der Waals surface area (Å²) in [6.45, 7) is 1.97. The second kappa shape index (κ2) is 20.3. The van der Waals surface area contributed by atoms with Crippen molar-refractivity contribution in [2.45, 2.75) is 69.8 Å². The minimum atomic E-state index is -0.712. The van der Waals surface area contributed by atoms with Crippen LogP contribution in [0.25, 0.3) is 0 Å². The second-order valence-corrected chi connectivity index (χ2v) is 17.5. The lowest BCUT2D eigenvalue weighted by molar-refractivity contribution is -0.148. The first kappa shape index (κ1) is 46.6. The van der Waals surface area contributed by atoms with Gasteiger partial charge in [-0.1, -0.05) is 65.4 Å². The predicted molar refractivity (Wildman–Crippen MR) is 249 cm³/mol. The third kappa shape index (κ3) is 10.1. The maximum atomic E-state index is 15.1. The van der Waals surface area contributed by atoms with Crippen molar-refractivity contribution in [3.63, 3.8) is 0 Å². The molecule has 0 aliphatic carbocycles. The molecule has 17 heteroatoms. The van der Waals surface area contributed by atoms with Gasteiger partial charge in [-0.3, -0.25) is 39.2 Å². The Kier molecular flexibility index (Phi) is 14.1. The number of carbonyl (C=O) groups excluding carboxylic acids is 6. The number of carbonyl (C=O) groups is 6. The second-order valence-electron chi connectivity index (χ2n) is 16.6. The highest BCUT2D eigenvalue weighted by molar-refractivity contribution is 6.30. The fourth-order valence-electron chi connectivity index (χ4n) is 8.79. The van der Waals surface area contributed by atoms with Gasteiger partial charge in [0.05, 0.1) is 31.9 Å². The first-order valence-corrected chi connectivity index (χ1v) is 22.7. The number of amides is 6. The lowest BCUT2D eigenvalue weighted by Gasteiger charge is -2.38. The molecule has 4 atom stereocenters. The fraction of sp³-hybridized carbons (Fsp3) is 0.340. The zero-order chi connectivity index (χ0) is 47.4. The molecule has 4 aromatic carbocycles. The summed E-state index contributed by atoms with van der Waals surface area (Å²) < 4.78 is 17.1. The van der Waals surface area contributed by atoms with Gasteiger partial charge in [0.2, 0.25) is 17.7 Å². The summed E-state index contributed by atoms with van der Waals surface area (Å²) >= 11 is 12.7. The number of unbranched alkanes of at least 4 members (excludes halogenated alkanes) is 1. The number of ether oxygens (including phenoxy) is 3. The SMILES string of the molecule is COC(=O)CN1CCN(C(=O)N2C(c3ccc(OC)cc3OC(C)CCCC#Cc3cccc4c3CN(C3CCC(=O)NC3=O)C4=O)=N[C@@H](c3ccc(Cl)cc3)[C@H]2c2ccc(Cl)cc2)CC1=O. The Morgan fingerprint density at radius 1 is 0.896 bits per heavy atom. The molecule has 0 spiro atoms. The molecule has 0 aromatic heterocycles. The number of imide groups is 1. The van der Waals surface area contributed by atoms with Crippen LogP contribution < -0.4 is 14.8 Å². The molecule has 2 unspecified atom stereocenters. The summed E-state index contributed by atoms with van der Waals surface area (Å²) in [5.41, 5.74) is 4.04. The quantitative estimate of drug-likeness (QED) is 0.0701. The first-order valence-electron chi connectivity index (χ1n) is 22.0. The van der Waals surface area contributed by atoms with Crippen LogP contribution in [0.4, 0.5) is 4.79 Å². The predicted octanol–water partition coefficient (Wildman–Crippen LogP) is 6.73. The van der Waals surface area contributed by atoms with Gasteiger partial charge in [-0.15, -0.1) is 0 Å². The number of halogens is 2. The van der Waals surface area contributed by atoms with Gasteiger partial charge in [-0.2, -0.15) is 0 Å². The number of benzene rings is 4. The summed E-state index contributed by atoms with van der Waals surface area (Å²) in [6.07, 6.45) is 1.92. The van der Waals surface area contributed by atoms with Crippen LogP contribution >= 0.6 is 23.2 Å². The Hall–Kier alpha value is -6.89. The lowest BCUT2D eigenvalue weighted by Crippen LogP contribution is -2.57. The van der Waals surface area contributed by atoms with Crippen LogP contribution in [0.15, 0.2) is 89.9 Å². The van der Waals surface area contributed by atoms with Crippen molar-refractivity contribution in [3.8, 4) is 23.3 Å². The molecule has 2 saturated heterocycles. The van der Waals surface area contributed by atoms with Crippen LogP contribution in [-0.4, -0.2) is 114 Å². The fourth-order valence-corrected chi connectivity index (χ4v) is 9.04. The number of nitrogens with one attached hydrogen (secondary N) is 1. The van der Waals surface area contributed by atoms with Gasteiger partial charge >= 0.3 is 12.0 Å². The number of fused-ring (bicyclic) bond motifs is 1. The lowest BCUT2D eigenvalue weighted by atomic mass is 9.93. The molecule has 2 fully saturated rings. The van der Waals surface area contributed by atoms with Crippen molar-refractivity contribution in [2.24, 2.45) is 4.99 Å². The Morgan fingerprint density at radius 3 is 2.31 bits per heavy atom. The number of piperazine rings is 1. The average Bonchev–Trinajstić information content (AvgIpc) is 3.88. The smallest absolute Gasteiger partial charge is 0.326 e. The van der Waals surface area contributed by atoms with Gasteiger partial charge in [0, 0.05) is 59.7 Å². The largest absolute Gasteiger partial charge is 0.497 e. The third-order valence-electron chi connectivity index (χ3n) is 12.3. The highest BCUT2D eigenvalue weighted by Gasteiger charge is 2.46. The Balaban J connectivity index is 1.04. The summed E-state index contributed by atoms with van der Waals surface area (Å²) in [4.78, 5) is 89.4. The Labute approximate surface area is 397 Å². The van der Waals surface area contributed by atoms with Gasteiger partial charge in [0.1, 0.15) is 42.5 Å². The van der Waals surface area contributed by atoms with Crippen molar-refractivity contribution in [1.82, 2.24) is 24.9 Å². The molecule has 4 heterocycles. The molecule has 4 aromatic rings. The summed E-state index contributed by atoms with van der Waals surface area (Å²) in [5, 5.41) is 3.39. The van der Waals surface area contributed by atoms with Crippen LogP contribution in [-0.2, 0) is 30.5 Å². The monoisotopic (exact) mass is 946 g/mol. The number of amidine groups is 1. The maximum absolute atomic E-state index is 15.1. The number of piperidine rings is 1. The van der Waals surface area contributed by atoms with Crippen molar-refractivity contribution >= 4 is 64.7 Å². The molecular formula is C50H48Cl2N6O9. The van der Waals surface area contributed by atoms with Crippen LogP contribution in [0, 0.1) is 11.8 Å². The van der Waals surface area contributed by atoms with Gasteiger partial charge in [0.15, 0.2) is 0 Å². The van der Waals surface area contributed by atoms with E-state index >= 15 is 4.79 Å². The molecule has 15 nitrogen and oxygen atoms in total. The average molecular weight is 948 g/mol. The van der Waals surface area contributed by atoms with Gasteiger partial charge < -0.3 is 28.9 Å². The Morgan fingerprint density at radius 2 is 1.63 bits per heavy atom. The van der Waals surface area contributed by atoms with Crippen LogP contribution in [0.1, 0.15) is 89.3 Å². The molecule has 67 heavy (non-hydrogen) atoms. The van der Waals surface area contributed by atoms with E-state index in [1.165, 1.54) is 21.8 Å². The molecule has 4 aliphatic heterocycles. The van der Waals surface area contributed by atoms with Crippen LogP contribution in [0.5, 0.6) is 11.5 Å². The minimum Gasteiger partial charge on any atom is -0.497 e. The molecule has 346 valence electrons. The highest BCUT2D eigenvalue weighted by Crippen LogP contribution is 2.46. The van der Waals surface area contributed by atoms with E-state index < -0.39 is 41.9 Å². The standard InChI is InChI=1S/C50H48Cl2N6O9/c1-30(8-5-4-6-9-31-10-7-11-37-39(31)27-57(49(37)63)40-22-23-42(59)53-48(40)62)67-41-26-36(65-2)20-21-38(41)47-54-45(32-12-16-34(51)17-13-32)46(33-14-18-35(52)19-15-33)58(47)50(64)56-25-24-55(43(60)28-56)29-44(61)66-3/h7,10-21,26,30,40,45-46H,4-5,8,22-25,27-29H2,1-3H3,(H,53,59,62)/t30?,40?,45-,46+/m0/s1. The summed E-state index contributed by atoms with van der Waals surface area (Å²) in [5.74, 6) is 5.74. The van der Waals surface area contributed by atoms with Gasteiger partial charge in [-0.05, 0) is 91.4 Å². The minimum absolute atomic E-state index is 0.126. The van der Waals surface area contributed by atoms with E-state index in [4.69, 9.17) is 42.4 Å². The van der Waals surface area contributed by atoms with Crippen molar-refractivity contribution in [2.75, 3.05) is 40.4 Å². The molecule has 6 amide bonds. The first-order chi connectivity index (χ1) is 32.3. The number of hydrogen-bond donors (Lipinski definition) is 1. The van der Waals surface area contributed by atoms with Crippen molar-refractivity contribution < 1.29 is 43.0 Å². The summed E-state index contributed by atoms with van der Waals surface area (Å²) in [7, 11) is 2.81. The molecule has 4 aliphatic rings. The Bertz CT molecular complexity index is 2700. The van der Waals surface area contributed by atoms with E-state index in [1.54, 1.807) is 66.6 Å². The van der Waals surface area contributed by atoms with Crippen LogP contribution in [0.3, 0.4) is 0 Å². The number of esters is 1. The number of nitrogens with zero attached hydrogens (tertiary/aromatic N) is 5. The summed E-state index contributed by atoms with van der Waals surface area (Å²) in [6, 6.07) is 22.7. The van der Waals surface area contributed by atoms with E-state index in [1.807, 2.05) is 37.3 Å². The third-order valence-corrected chi connectivity index (χ3v) is 12.8. The normalized spacial score (nSPS) is 19.6. The highest BCUT2D eigenvalue weighted by atomic mass is 35.5. The van der Waals surface area contributed by atoms with E-state index in [-0.39, 0.29) is 63.5 Å². The topological polar surface area (TPSA) is 167 Å². The van der Waals surface area contributed by atoms with E-state index in [2.05, 4.69) is 17.2 Å². The van der Waals surface area contributed by atoms with Crippen LogP contribution in [0.2, 0.25) is 10.0 Å². The number of aliphatic imine (C=N–C) groups is 1. The van der Waals surface area contributed by atoms with E-state index in [0.717, 1.165) is 16.7 Å². The molecule has 1 N–H and O–H groups in total. The zero-order valence-electron chi connectivity index (χ0n) is 37.1. The van der Waals surface area contributed by atoms with Crippen molar-refractivity contribution in [1.29, 1.82) is 0 Å². The van der Waals surface area contributed by atoms with Crippen molar-refractivity contribution in [3.05, 3.63) is 128 Å². The zero-order valence-corrected chi connectivity index (χ0v) is 38.6. The molecule has 0 saturated carbocycles. The number of hydrogen-bond acceptors (Lipinski definition) is 10.